The van der Waals surface area contributed by atoms with Crippen LogP contribution in [0.5, 0.6) is 0 Å². The standard InChI is InChI=1S/C11H16ClN3O2.ClH/c1-7-9(11(12)17-14-7)2-3-10(16)15-5-4-8(13)6-15;/h8H,2-6,13H2,1H3;1H/t8-;/m1./s1. The maximum absolute atomic E-state index is 11.9. The molecule has 2 heterocycles. The number of carbonyl (C=O) groups excluding carboxylic acids is 1. The van der Waals surface area contributed by atoms with E-state index in [1.165, 1.54) is 0 Å². The lowest BCUT2D eigenvalue weighted by Gasteiger charge is -2.15. The Balaban J connectivity index is 0.00000162. The van der Waals surface area contributed by atoms with Crippen molar-refractivity contribution in [1.29, 1.82) is 0 Å². The second-order valence-electron chi connectivity index (χ2n) is 4.41. The molecule has 0 radical (unpaired) electrons. The summed E-state index contributed by atoms with van der Waals surface area (Å²) in [6.45, 7) is 3.24. The molecule has 1 aliphatic heterocycles. The van der Waals surface area contributed by atoms with Gasteiger partial charge in [-0.2, -0.15) is 0 Å². The van der Waals surface area contributed by atoms with Crippen LogP contribution in [0.15, 0.2) is 4.52 Å². The van der Waals surface area contributed by atoms with Crippen molar-refractivity contribution in [2.45, 2.75) is 32.2 Å². The number of nitrogens with zero attached hydrogens (tertiary/aromatic N) is 2. The fourth-order valence-electron chi connectivity index (χ4n) is 2.04. The third kappa shape index (κ3) is 3.37. The molecule has 1 atom stereocenters. The van der Waals surface area contributed by atoms with Gasteiger partial charge < -0.3 is 15.2 Å². The molecule has 2 N–H and O–H groups in total. The predicted octanol–water partition coefficient (Wildman–Crippen LogP) is 1.55. The molecule has 0 bridgehead atoms. The second kappa shape index (κ2) is 6.41. The SMILES string of the molecule is Cc1noc(Cl)c1CCC(=O)N1CC[C@@H](N)C1.Cl. The van der Waals surface area contributed by atoms with Crippen molar-refractivity contribution < 1.29 is 9.32 Å². The van der Waals surface area contributed by atoms with Gasteiger partial charge in [0.1, 0.15) is 0 Å². The molecule has 102 valence electrons. The second-order valence-corrected chi connectivity index (χ2v) is 4.75. The highest BCUT2D eigenvalue weighted by Gasteiger charge is 2.23. The first-order valence-corrected chi connectivity index (χ1v) is 6.09. The van der Waals surface area contributed by atoms with E-state index < -0.39 is 0 Å². The van der Waals surface area contributed by atoms with E-state index in [1.807, 2.05) is 6.92 Å². The fourth-order valence-corrected chi connectivity index (χ4v) is 2.31. The highest BCUT2D eigenvalue weighted by atomic mass is 35.5. The molecule has 1 amide bonds. The highest BCUT2D eigenvalue weighted by molar-refractivity contribution is 6.29. The summed E-state index contributed by atoms with van der Waals surface area (Å²) in [5.41, 5.74) is 7.34. The lowest BCUT2D eigenvalue weighted by molar-refractivity contribution is -0.130. The first-order valence-electron chi connectivity index (χ1n) is 5.72. The summed E-state index contributed by atoms with van der Waals surface area (Å²) in [5, 5.41) is 4.04. The zero-order valence-electron chi connectivity index (χ0n) is 10.2. The predicted molar refractivity (Wildman–Crippen MR) is 71.0 cm³/mol. The summed E-state index contributed by atoms with van der Waals surface area (Å²) in [6.07, 6.45) is 1.88. The molecule has 0 saturated carbocycles. The van der Waals surface area contributed by atoms with Crippen LogP contribution in [-0.4, -0.2) is 35.1 Å². The van der Waals surface area contributed by atoms with E-state index in [0.29, 0.717) is 19.4 Å². The van der Waals surface area contributed by atoms with Gasteiger partial charge in [-0.15, -0.1) is 12.4 Å². The Morgan fingerprint density at radius 3 is 2.89 bits per heavy atom. The van der Waals surface area contributed by atoms with Crippen molar-refractivity contribution in [2.75, 3.05) is 13.1 Å². The van der Waals surface area contributed by atoms with Gasteiger partial charge in [-0.1, -0.05) is 5.16 Å². The highest BCUT2D eigenvalue weighted by Crippen LogP contribution is 2.21. The van der Waals surface area contributed by atoms with Crippen molar-refractivity contribution in [1.82, 2.24) is 10.1 Å². The average Bonchev–Trinajstić information content (AvgIpc) is 2.84. The van der Waals surface area contributed by atoms with Gasteiger partial charge in [0.2, 0.25) is 11.1 Å². The Labute approximate surface area is 117 Å². The molecule has 1 fully saturated rings. The van der Waals surface area contributed by atoms with Crippen LogP contribution >= 0.6 is 24.0 Å². The molecule has 0 unspecified atom stereocenters. The van der Waals surface area contributed by atoms with Gasteiger partial charge in [0, 0.05) is 31.1 Å². The van der Waals surface area contributed by atoms with Crippen molar-refractivity contribution in [3.05, 3.63) is 16.5 Å². The zero-order chi connectivity index (χ0) is 12.4. The minimum absolute atomic E-state index is 0. The summed E-state index contributed by atoms with van der Waals surface area (Å²) in [7, 11) is 0. The van der Waals surface area contributed by atoms with Gasteiger partial charge in [0.15, 0.2) is 0 Å². The van der Waals surface area contributed by atoms with Crippen molar-refractivity contribution in [3.63, 3.8) is 0 Å². The number of hydrogen-bond donors (Lipinski definition) is 1. The van der Waals surface area contributed by atoms with E-state index in [-0.39, 0.29) is 29.6 Å². The van der Waals surface area contributed by atoms with E-state index in [4.69, 9.17) is 21.9 Å². The minimum atomic E-state index is 0. The molecule has 7 heteroatoms. The van der Waals surface area contributed by atoms with Crippen LogP contribution < -0.4 is 5.73 Å². The number of amides is 1. The van der Waals surface area contributed by atoms with Crippen LogP contribution in [0.3, 0.4) is 0 Å². The van der Waals surface area contributed by atoms with Gasteiger partial charge >= 0.3 is 0 Å². The Kier molecular flexibility index (Phi) is 5.44. The number of halogens is 2. The first-order chi connectivity index (χ1) is 8.08. The van der Waals surface area contributed by atoms with Gasteiger partial charge in [-0.05, 0) is 31.4 Å². The monoisotopic (exact) mass is 293 g/mol. The van der Waals surface area contributed by atoms with Crippen molar-refractivity contribution >= 4 is 29.9 Å². The van der Waals surface area contributed by atoms with Crippen LogP contribution in [-0.2, 0) is 11.2 Å². The molecule has 0 spiro atoms. The summed E-state index contributed by atoms with van der Waals surface area (Å²) in [4.78, 5) is 13.7. The molecule has 18 heavy (non-hydrogen) atoms. The number of rotatable bonds is 3. The maximum atomic E-state index is 11.9. The molecule has 1 saturated heterocycles. The Hall–Kier alpha value is -0.780. The Morgan fingerprint density at radius 1 is 1.67 bits per heavy atom. The zero-order valence-corrected chi connectivity index (χ0v) is 11.8. The lowest BCUT2D eigenvalue weighted by Crippen LogP contribution is -2.32. The smallest absolute Gasteiger partial charge is 0.229 e. The van der Waals surface area contributed by atoms with Crippen LogP contribution in [0.2, 0.25) is 5.22 Å². The van der Waals surface area contributed by atoms with Gasteiger partial charge in [-0.3, -0.25) is 4.79 Å². The maximum Gasteiger partial charge on any atom is 0.229 e. The van der Waals surface area contributed by atoms with Gasteiger partial charge in [0.25, 0.3) is 0 Å². The Morgan fingerprint density at radius 2 is 2.39 bits per heavy atom. The van der Waals surface area contributed by atoms with Crippen LogP contribution in [0, 0.1) is 6.92 Å². The van der Waals surface area contributed by atoms with Gasteiger partial charge in [-0.25, -0.2) is 0 Å². The molecule has 1 aromatic rings. The molecule has 2 rings (SSSR count). The molecule has 1 aliphatic rings. The largest absolute Gasteiger partial charge is 0.344 e. The van der Waals surface area contributed by atoms with Crippen LogP contribution in [0.4, 0.5) is 0 Å². The molecule has 0 aliphatic carbocycles. The lowest BCUT2D eigenvalue weighted by atomic mass is 10.1. The number of aryl methyl sites for hydroxylation is 1. The normalized spacial score (nSPS) is 18.8. The van der Waals surface area contributed by atoms with E-state index >= 15 is 0 Å². The first kappa shape index (κ1) is 15.3. The quantitative estimate of drug-likeness (QED) is 0.918. The molecule has 5 nitrogen and oxygen atoms in total. The number of likely N-dealkylation sites (tertiary alicyclic amines) is 1. The van der Waals surface area contributed by atoms with Crippen molar-refractivity contribution in [2.24, 2.45) is 5.73 Å². The number of aromatic nitrogens is 1. The summed E-state index contributed by atoms with van der Waals surface area (Å²) >= 11 is 5.84. The van der Waals surface area contributed by atoms with E-state index in [1.54, 1.807) is 4.90 Å². The number of nitrogens with two attached hydrogens (primary N) is 1. The third-order valence-corrected chi connectivity index (χ3v) is 3.40. The minimum Gasteiger partial charge on any atom is -0.344 e. The fraction of sp³-hybridized carbons (Fsp3) is 0.636. The van der Waals surface area contributed by atoms with Crippen LogP contribution in [0.25, 0.3) is 0 Å². The van der Waals surface area contributed by atoms with E-state index in [2.05, 4.69) is 5.16 Å². The molecular formula is C11H17Cl2N3O2. The number of carbonyl (C=O) groups is 1. The molecule has 1 aromatic heterocycles. The van der Waals surface area contributed by atoms with E-state index in [9.17, 15) is 4.79 Å². The average molecular weight is 294 g/mol. The van der Waals surface area contributed by atoms with Gasteiger partial charge in [0.05, 0.1) is 5.69 Å². The topological polar surface area (TPSA) is 72.4 Å². The summed E-state index contributed by atoms with van der Waals surface area (Å²) in [6, 6.07) is 0.125. The molecular weight excluding hydrogens is 277 g/mol. The molecule has 0 aromatic carbocycles. The van der Waals surface area contributed by atoms with Crippen molar-refractivity contribution in [3.8, 4) is 0 Å². The summed E-state index contributed by atoms with van der Waals surface area (Å²) < 4.78 is 4.84. The van der Waals surface area contributed by atoms with Crippen LogP contribution in [0.1, 0.15) is 24.1 Å². The Bertz CT molecular complexity index is 403. The third-order valence-electron chi connectivity index (χ3n) is 3.10. The number of hydrogen-bond acceptors (Lipinski definition) is 4. The van der Waals surface area contributed by atoms with E-state index in [0.717, 1.165) is 24.2 Å². The summed E-state index contributed by atoms with van der Waals surface area (Å²) in [5.74, 6) is 0.120.